The van der Waals surface area contributed by atoms with Gasteiger partial charge in [0.05, 0.1) is 21.2 Å². The highest BCUT2D eigenvalue weighted by Gasteiger charge is 2.22. The van der Waals surface area contributed by atoms with Crippen LogP contribution in [0, 0.1) is 0 Å². The van der Waals surface area contributed by atoms with Gasteiger partial charge in [-0.15, -0.1) is 0 Å². The second kappa shape index (κ2) is 7.05. The van der Waals surface area contributed by atoms with Gasteiger partial charge in [0.1, 0.15) is 18.0 Å². The summed E-state index contributed by atoms with van der Waals surface area (Å²) in [6.07, 6.45) is 1.20. The van der Waals surface area contributed by atoms with Crippen molar-refractivity contribution in [1.29, 1.82) is 0 Å². The molecule has 5 nitrogen and oxygen atoms in total. The third-order valence-electron chi connectivity index (χ3n) is 4.19. The van der Waals surface area contributed by atoms with Gasteiger partial charge in [-0.25, -0.2) is 13.4 Å². The lowest BCUT2D eigenvalue weighted by atomic mass is 9.97. The lowest BCUT2D eigenvalue weighted by molar-refractivity contribution is -0.873. The fourth-order valence-corrected chi connectivity index (χ4v) is 3.96. The van der Waals surface area contributed by atoms with Crippen molar-refractivity contribution in [2.24, 2.45) is 0 Å². The van der Waals surface area contributed by atoms with Gasteiger partial charge in [0.2, 0.25) is 0 Å². The molecular formula is C20H23N2O3S+. The molecule has 3 aromatic rings. The van der Waals surface area contributed by atoms with E-state index in [1.54, 1.807) is 19.2 Å². The number of rotatable bonds is 5. The van der Waals surface area contributed by atoms with Gasteiger partial charge >= 0.3 is 0 Å². The quantitative estimate of drug-likeness (QED) is 0.745. The van der Waals surface area contributed by atoms with Crippen LogP contribution in [0.3, 0.4) is 0 Å². The lowest BCUT2D eigenvalue weighted by Gasteiger charge is -2.17. The standard InChI is InChI=1S/C20H22N2O3S/c1-22(2)13-18-19(14-8-6-5-7-9-14)17-12-15(25-3)10-11-16(17)20(21-18)26(4,23)24/h5-12H,13H2,1-4H3/p+1. The predicted octanol–water partition coefficient (Wildman–Crippen LogP) is 1.96. The molecule has 136 valence electrons. The summed E-state index contributed by atoms with van der Waals surface area (Å²) in [6, 6.07) is 15.4. The number of ether oxygens (including phenoxy) is 1. The topological polar surface area (TPSA) is 60.7 Å². The third kappa shape index (κ3) is 3.57. The molecule has 0 aliphatic rings. The second-order valence-electron chi connectivity index (χ2n) is 6.67. The maximum absolute atomic E-state index is 12.4. The van der Waals surface area contributed by atoms with Gasteiger partial charge in [-0.2, -0.15) is 0 Å². The van der Waals surface area contributed by atoms with Crippen LogP contribution in [0.2, 0.25) is 0 Å². The van der Waals surface area contributed by atoms with Gasteiger partial charge < -0.3 is 9.64 Å². The van der Waals surface area contributed by atoms with Crippen molar-refractivity contribution in [3.05, 3.63) is 54.2 Å². The summed E-state index contributed by atoms with van der Waals surface area (Å²) in [6.45, 7) is 0.611. The van der Waals surface area contributed by atoms with Gasteiger partial charge in [0.15, 0.2) is 14.9 Å². The summed E-state index contributed by atoms with van der Waals surface area (Å²) in [5.74, 6) is 0.684. The van der Waals surface area contributed by atoms with Crippen LogP contribution < -0.4 is 9.64 Å². The highest BCUT2D eigenvalue weighted by Crippen LogP contribution is 2.36. The first-order chi connectivity index (χ1) is 12.3. The van der Waals surface area contributed by atoms with Crippen LogP contribution in [0.25, 0.3) is 21.9 Å². The molecule has 6 heteroatoms. The van der Waals surface area contributed by atoms with Gasteiger partial charge in [-0.05, 0) is 29.1 Å². The minimum Gasteiger partial charge on any atom is -0.497 e. The zero-order valence-electron chi connectivity index (χ0n) is 15.4. The van der Waals surface area contributed by atoms with Crippen LogP contribution in [-0.4, -0.2) is 40.9 Å². The first-order valence-electron chi connectivity index (χ1n) is 8.36. The highest BCUT2D eigenvalue weighted by atomic mass is 32.2. The molecule has 0 aliphatic heterocycles. The van der Waals surface area contributed by atoms with Crippen LogP contribution in [-0.2, 0) is 16.4 Å². The number of sulfone groups is 1. The average molecular weight is 371 g/mol. The molecule has 1 aromatic heterocycles. The van der Waals surface area contributed by atoms with E-state index in [-0.39, 0.29) is 5.03 Å². The van der Waals surface area contributed by atoms with E-state index in [4.69, 9.17) is 4.74 Å². The summed E-state index contributed by atoms with van der Waals surface area (Å²) in [4.78, 5) is 5.76. The molecule has 0 atom stereocenters. The zero-order valence-corrected chi connectivity index (χ0v) is 16.2. The monoisotopic (exact) mass is 371 g/mol. The van der Waals surface area contributed by atoms with Crippen LogP contribution in [0.15, 0.2) is 53.6 Å². The van der Waals surface area contributed by atoms with Gasteiger partial charge in [0.25, 0.3) is 0 Å². The molecule has 0 spiro atoms. The zero-order chi connectivity index (χ0) is 18.9. The van der Waals surface area contributed by atoms with Crippen LogP contribution in [0.1, 0.15) is 5.69 Å². The summed E-state index contributed by atoms with van der Waals surface area (Å²) < 4.78 is 30.2. The number of methoxy groups -OCH3 is 1. The van der Waals surface area contributed by atoms with Crippen molar-refractivity contribution in [3.63, 3.8) is 0 Å². The van der Waals surface area contributed by atoms with Crippen LogP contribution in [0.4, 0.5) is 0 Å². The number of nitrogens with zero attached hydrogens (tertiary/aromatic N) is 1. The van der Waals surface area contributed by atoms with Crippen molar-refractivity contribution in [2.75, 3.05) is 27.5 Å². The Bertz CT molecular complexity index is 1050. The van der Waals surface area contributed by atoms with E-state index in [0.29, 0.717) is 17.7 Å². The molecule has 0 saturated carbocycles. The number of quaternary nitrogens is 1. The van der Waals surface area contributed by atoms with Crippen molar-refractivity contribution < 1.29 is 18.1 Å². The number of fused-ring (bicyclic) bond motifs is 1. The summed E-state index contributed by atoms with van der Waals surface area (Å²) >= 11 is 0. The second-order valence-corrected chi connectivity index (χ2v) is 8.60. The minimum absolute atomic E-state index is 0.117. The van der Waals surface area contributed by atoms with Crippen LogP contribution in [0.5, 0.6) is 5.75 Å². The summed E-state index contributed by atoms with van der Waals surface area (Å²) in [7, 11) is 2.18. The summed E-state index contributed by atoms with van der Waals surface area (Å²) in [5, 5.41) is 1.57. The maximum Gasteiger partial charge on any atom is 0.193 e. The number of hydrogen-bond donors (Lipinski definition) is 1. The molecule has 0 saturated heterocycles. The molecule has 3 rings (SSSR count). The first kappa shape index (κ1) is 18.4. The van der Waals surface area contributed by atoms with Crippen LogP contribution >= 0.6 is 0 Å². The van der Waals surface area contributed by atoms with E-state index >= 15 is 0 Å². The Kier molecular flexibility index (Phi) is 4.98. The van der Waals surface area contributed by atoms with Crippen molar-refractivity contribution in [3.8, 4) is 16.9 Å². The fourth-order valence-electron chi connectivity index (χ4n) is 3.11. The number of nitrogens with one attached hydrogen (secondary N) is 1. The largest absolute Gasteiger partial charge is 0.497 e. The summed E-state index contributed by atoms with van der Waals surface area (Å²) in [5.41, 5.74) is 2.72. The molecule has 0 aliphatic carbocycles. The number of benzene rings is 2. The Morgan fingerprint density at radius 2 is 1.73 bits per heavy atom. The Morgan fingerprint density at radius 3 is 2.31 bits per heavy atom. The van der Waals surface area contributed by atoms with E-state index in [2.05, 4.69) is 4.98 Å². The van der Waals surface area contributed by atoms with E-state index in [0.717, 1.165) is 27.1 Å². The minimum atomic E-state index is -3.47. The Labute approximate surface area is 154 Å². The molecule has 1 N–H and O–H groups in total. The fraction of sp³-hybridized carbons (Fsp3) is 0.250. The normalized spacial score (nSPS) is 11.9. The Hall–Kier alpha value is -2.44. The van der Waals surface area contributed by atoms with Gasteiger partial charge in [0, 0.05) is 17.2 Å². The Morgan fingerprint density at radius 1 is 1.04 bits per heavy atom. The number of hydrogen-bond acceptors (Lipinski definition) is 4. The molecular weight excluding hydrogens is 348 g/mol. The number of pyridine rings is 1. The maximum atomic E-state index is 12.4. The lowest BCUT2D eigenvalue weighted by Crippen LogP contribution is -3.04. The molecule has 0 amide bonds. The number of aromatic nitrogens is 1. The molecule has 1 heterocycles. The van der Waals surface area contributed by atoms with Gasteiger partial charge in [-0.3, -0.25) is 0 Å². The molecule has 0 radical (unpaired) electrons. The molecule has 0 bridgehead atoms. The molecule has 0 fully saturated rings. The van der Waals surface area contributed by atoms with Crippen molar-refractivity contribution in [1.82, 2.24) is 4.98 Å². The molecule has 0 unspecified atom stereocenters. The average Bonchev–Trinajstić information content (AvgIpc) is 2.59. The van der Waals surface area contributed by atoms with Crippen molar-refractivity contribution in [2.45, 2.75) is 11.6 Å². The van der Waals surface area contributed by atoms with E-state index in [9.17, 15) is 8.42 Å². The predicted molar refractivity (Wildman–Crippen MR) is 103 cm³/mol. The van der Waals surface area contributed by atoms with Crippen molar-refractivity contribution >= 4 is 20.6 Å². The van der Waals surface area contributed by atoms with E-state index in [1.807, 2.05) is 50.5 Å². The van der Waals surface area contributed by atoms with E-state index < -0.39 is 9.84 Å². The smallest absolute Gasteiger partial charge is 0.193 e. The van der Waals surface area contributed by atoms with Gasteiger partial charge in [-0.1, -0.05) is 30.3 Å². The first-order valence-corrected chi connectivity index (χ1v) is 10.3. The Balaban J connectivity index is 2.48. The SMILES string of the molecule is COc1ccc2c(S(C)(=O)=O)nc(C[NH+](C)C)c(-c3ccccc3)c2c1. The molecule has 26 heavy (non-hydrogen) atoms. The molecule has 2 aromatic carbocycles. The van der Waals surface area contributed by atoms with E-state index in [1.165, 1.54) is 6.26 Å². The third-order valence-corrected chi connectivity index (χ3v) is 5.20. The highest BCUT2D eigenvalue weighted by molar-refractivity contribution is 7.90.